The third-order valence-corrected chi connectivity index (χ3v) is 6.19. The molecule has 1 fully saturated rings. The van der Waals surface area contributed by atoms with Crippen molar-refractivity contribution in [1.29, 1.82) is 0 Å². The van der Waals surface area contributed by atoms with E-state index in [-0.39, 0.29) is 12.7 Å². The van der Waals surface area contributed by atoms with E-state index in [1.807, 2.05) is 20.8 Å². The first-order chi connectivity index (χ1) is 17.4. The Labute approximate surface area is 215 Å². The Morgan fingerprint density at radius 1 is 1.22 bits per heavy atom. The van der Waals surface area contributed by atoms with Crippen LogP contribution >= 0.6 is 11.6 Å². The van der Waals surface area contributed by atoms with Crippen LogP contribution in [0.3, 0.4) is 0 Å². The van der Waals surface area contributed by atoms with E-state index in [1.165, 1.54) is 0 Å². The number of hydrogen-bond acceptors (Lipinski definition) is 10. The van der Waals surface area contributed by atoms with Crippen LogP contribution in [0.4, 0.5) is 5.82 Å². The van der Waals surface area contributed by atoms with Crippen molar-refractivity contribution in [2.24, 2.45) is 0 Å². The fourth-order valence-electron chi connectivity index (χ4n) is 3.99. The topological polar surface area (TPSA) is 124 Å². The van der Waals surface area contributed by atoms with Crippen LogP contribution in [0.2, 0.25) is 5.02 Å². The molecule has 1 unspecified atom stereocenters. The number of aromatic nitrogens is 3. The standard InChI is InChI=1S/C25H32ClN5O5/c1-14-23(22-15(2)31-36-16(22)3)29-25(30-24(14)28-11-19-13-33-7-8-34-19)20-9-18(5-6-21(20)26)35-12-17(32)10-27-4/h5-6,9,17,19,27,32H,7-8,10-13H2,1-4H3,(H,28,29,30)/t17-,19?/m0/s1. The zero-order valence-electron chi connectivity index (χ0n) is 20.9. The second-order valence-corrected chi connectivity index (χ2v) is 9.09. The Bertz CT molecular complexity index is 1160. The highest BCUT2D eigenvalue weighted by Gasteiger charge is 2.22. The normalized spacial score (nSPS) is 16.7. The second kappa shape index (κ2) is 12.0. The summed E-state index contributed by atoms with van der Waals surface area (Å²) < 4.78 is 22.5. The molecule has 1 aliphatic heterocycles. The zero-order valence-corrected chi connectivity index (χ0v) is 21.7. The van der Waals surface area contributed by atoms with Gasteiger partial charge in [0.05, 0.1) is 47.9 Å². The lowest BCUT2D eigenvalue weighted by atomic mass is 10.0. The van der Waals surface area contributed by atoms with Gasteiger partial charge in [-0.25, -0.2) is 9.97 Å². The molecule has 2 aromatic heterocycles. The molecule has 2 atom stereocenters. The van der Waals surface area contributed by atoms with Crippen molar-refractivity contribution in [2.75, 3.05) is 51.9 Å². The second-order valence-electron chi connectivity index (χ2n) is 8.68. The van der Waals surface area contributed by atoms with Crippen molar-refractivity contribution in [3.8, 4) is 28.4 Å². The van der Waals surface area contributed by atoms with E-state index in [1.54, 1.807) is 25.2 Å². The number of halogens is 1. The van der Waals surface area contributed by atoms with Crippen molar-refractivity contribution in [3.05, 3.63) is 40.2 Å². The maximum Gasteiger partial charge on any atom is 0.163 e. The van der Waals surface area contributed by atoms with E-state index in [4.69, 9.17) is 40.3 Å². The fourth-order valence-corrected chi connectivity index (χ4v) is 4.19. The Balaban J connectivity index is 1.71. The van der Waals surface area contributed by atoms with Gasteiger partial charge in [0.15, 0.2) is 5.82 Å². The summed E-state index contributed by atoms with van der Waals surface area (Å²) in [5, 5.41) is 20.9. The molecular weight excluding hydrogens is 486 g/mol. The molecule has 1 aliphatic rings. The molecular formula is C25H32ClN5O5. The van der Waals surface area contributed by atoms with Gasteiger partial charge in [0.25, 0.3) is 0 Å². The average molecular weight is 518 g/mol. The number of likely N-dealkylation sites (N-methyl/N-ethyl adjacent to an activating group) is 1. The van der Waals surface area contributed by atoms with Crippen molar-refractivity contribution < 1.29 is 23.8 Å². The number of anilines is 1. The van der Waals surface area contributed by atoms with Crippen LogP contribution in [0.5, 0.6) is 5.75 Å². The Kier molecular flexibility index (Phi) is 8.76. The Hall–Kier alpha value is -2.76. The minimum Gasteiger partial charge on any atom is -0.491 e. The number of nitrogens with one attached hydrogen (secondary N) is 2. The maximum atomic E-state index is 10.00. The lowest BCUT2D eigenvalue weighted by molar-refractivity contribution is -0.0819. The Morgan fingerprint density at radius 2 is 2.06 bits per heavy atom. The lowest BCUT2D eigenvalue weighted by Crippen LogP contribution is -2.34. The minimum atomic E-state index is -0.641. The molecule has 0 saturated carbocycles. The zero-order chi connectivity index (χ0) is 25.7. The van der Waals surface area contributed by atoms with Crippen LogP contribution in [0, 0.1) is 20.8 Å². The molecule has 3 N–H and O–H groups in total. The molecule has 3 heterocycles. The minimum absolute atomic E-state index is 0.0802. The summed E-state index contributed by atoms with van der Waals surface area (Å²) >= 11 is 6.59. The summed E-state index contributed by atoms with van der Waals surface area (Å²) in [6.45, 7) is 8.46. The van der Waals surface area contributed by atoms with Gasteiger partial charge in [-0.2, -0.15) is 0 Å². The molecule has 1 aromatic carbocycles. The third-order valence-electron chi connectivity index (χ3n) is 5.86. The highest BCUT2D eigenvalue weighted by atomic mass is 35.5. The molecule has 10 nitrogen and oxygen atoms in total. The number of aliphatic hydroxyl groups is 1. The van der Waals surface area contributed by atoms with Gasteiger partial charge in [-0.1, -0.05) is 16.8 Å². The van der Waals surface area contributed by atoms with Gasteiger partial charge in [-0.15, -0.1) is 0 Å². The van der Waals surface area contributed by atoms with Gasteiger partial charge >= 0.3 is 0 Å². The van der Waals surface area contributed by atoms with E-state index in [0.717, 1.165) is 16.8 Å². The van der Waals surface area contributed by atoms with Crippen molar-refractivity contribution >= 4 is 17.4 Å². The molecule has 0 bridgehead atoms. The molecule has 3 aromatic rings. The molecule has 0 aliphatic carbocycles. The van der Waals surface area contributed by atoms with E-state index in [0.29, 0.717) is 72.3 Å². The number of ether oxygens (including phenoxy) is 3. The van der Waals surface area contributed by atoms with Gasteiger partial charge in [0.2, 0.25) is 0 Å². The number of benzene rings is 1. The van der Waals surface area contributed by atoms with Crippen LogP contribution in [0.1, 0.15) is 17.0 Å². The predicted molar refractivity (Wildman–Crippen MR) is 137 cm³/mol. The fraction of sp³-hybridized carbons (Fsp3) is 0.480. The van der Waals surface area contributed by atoms with Crippen LogP contribution in [0.25, 0.3) is 22.6 Å². The molecule has 0 radical (unpaired) electrons. The van der Waals surface area contributed by atoms with Crippen LogP contribution < -0.4 is 15.4 Å². The first-order valence-corrected chi connectivity index (χ1v) is 12.3. The SMILES string of the molecule is CNC[C@H](O)COc1ccc(Cl)c(-c2nc(NCC3COCCO3)c(C)c(-c3c(C)noc3C)n2)c1. The molecule has 194 valence electrons. The number of aryl methyl sites for hydroxylation is 2. The first-order valence-electron chi connectivity index (χ1n) is 11.9. The van der Waals surface area contributed by atoms with E-state index < -0.39 is 6.10 Å². The molecule has 4 rings (SSSR count). The molecule has 0 amide bonds. The van der Waals surface area contributed by atoms with Crippen LogP contribution in [-0.4, -0.2) is 79.0 Å². The first kappa shape index (κ1) is 26.3. The number of hydrogen-bond donors (Lipinski definition) is 3. The van der Waals surface area contributed by atoms with Crippen molar-refractivity contribution in [3.63, 3.8) is 0 Å². The maximum absolute atomic E-state index is 10.00. The summed E-state index contributed by atoms with van der Waals surface area (Å²) in [7, 11) is 1.77. The number of aliphatic hydroxyl groups excluding tert-OH is 1. The molecule has 36 heavy (non-hydrogen) atoms. The van der Waals surface area contributed by atoms with Gasteiger partial charge in [0.1, 0.15) is 30.0 Å². The summed E-state index contributed by atoms with van der Waals surface area (Å²) in [6.07, 6.45) is -0.721. The quantitative estimate of drug-likeness (QED) is 0.369. The summed E-state index contributed by atoms with van der Waals surface area (Å²) in [5.41, 5.74) is 3.70. The van der Waals surface area contributed by atoms with E-state index in [2.05, 4.69) is 15.8 Å². The third kappa shape index (κ3) is 6.13. The molecule has 11 heteroatoms. The monoisotopic (exact) mass is 517 g/mol. The van der Waals surface area contributed by atoms with Crippen molar-refractivity contribution in [2.45, 2.75) is 33.0 Å². The van der Waals surface area contributed by atoms with Gasteiger partial charge in [-0.3, -0.25) is 0 Å². The van der Waals surface area contributed by atoms with Gasteiger partial charge < -0.3 is 34.5 Å². The lowest BCUT2D eigenvalue weighted by Gasteiger charge is -2.24. The van der Waals surface area contributed by atoms with E-state index in [9.17, 15) is 5.11 Å². The largest absolute Gasteiger partial charge is 0.491 e. The smallest absolute Gasteiger partial charge is 0.163 e. The highest BCUT2D eigenvalue weighted by Crippen LogP contribution is 2.36. The predicted octanol–water partition coefficient (Wildman–Crippen LogP) is 3.16. The van der Waals surface area contributed by atoms with Crippen LogP contribution in [0.15, 0.2) is 22.7 Å². The molecule has 0 spiro atoms. The Morgan fingerprint density at radius 3 is 2.75 bits per heavy atom. The average Bonchev–Trinajstić information content (AvgIpc) is 3.21. The number of nitrogens with zero attached hydrogens (tertiary/aromatic N) is 3. The van der Waals surface area contributed by atoms with Crippen molar-refractivity contribution in [1.82, 2.24) is 20.4 Å². The molecule has 1 saturated heterocycles. The summed E-state index contributed by atoms with van der Waals surface area (Å²) in [5.74, 6) is 2.29. The van der Waals surface area contributed by atoms with E-state index >= 15 is 0 Å². The number of rotatable bonds is 10. The summed E-state index contributed by atoms with van der Waals surface area (Å²) in [6, 6.07) is 5.26. The summed E-state index contributed by atoms with van der Waals surface area (Å²) in [4.78, 5) is 9.70. The van der Waals surface area contributed by atoms with Crippen LogP contribution in [-0.2, 0) is 9.47 Å². The van der Waals surface area contributed by atoms with Gasteiger partial charge in [0, 0.05) is 24.2 Å². The highest BCUT2D eigenvalue weighted by molar-refractivity contribution is 6.33. The van der Waals surface area contributed by atoms with Gasteiger partial charge in [-0.05, 0) is 46.0 Å².